The van der Waals surface area contributed by atoms with Crippen LogP contribution in [0.3, 0.4) is 0 Å². The highest BCUT2D eigenvalue weighted by Crippen LogP contribution is 2.20. The Morgan fingerprint density at radius 3 is 2.48 bits per heavy atom. The monoisotopic (exact) mass is 332 g/mol. The van der Waals surface area contributed by atoms with Crippen LogP contribution in [0.2, 0.25) is 5.02 Å². The Balaban J connectivity index is 1.76. The topological polar surface area (TPSA) is 50.4 Å². The van der Waals surface area contributed by atoms with Crippen molar-refractivity contribution in [2.75, 3.05) is 23.8 Å². The second kappa shape index (κ2) is 8.44. The summed E-state index contributed by atoms with van der Waals surface area (Å²) >= 11 is 6.04. The molecule has 2 aromatic rings. The van der Waals surface area contributed by atoms with Gasteiger partial charge in [0.05, 0.1) is 6.61 Å². The molecule has 0 aliphatic rings. The van der Waals surface area contributed by atoms with Crippen molar-refractivity contribution in [3.63, 3.8) is 0 Å². The van der Waals surface area contributed by atoms with Crippen molar-refractivity contribution in [3.8, 4) is 5.75 Å². The van der Waals surface area contributed by atoms with E-state index >= 15 is 0 Å². The Kier molecular flexibility index (Phi) is 6.29. The fourth-order valence-corrected chi connectivity index (χ4v) is 2.23. The first-order valence-corrected chi connectivity index (χ1v) is 7.99. The maximum absolute atomic E-state index is 11.9. The van der Waals surface area contributed by atoms with Gasteiger partial charge in [-0.1, -0.05) is 17.7 Å². The molecule has 0 saturated heterocycles. The van der Waals surface area contributed by atoms with Gasteiger partial charge in [0.2, 0.25) is 5.91 Å². The number of hydrogen-bond acceptors (Lipinski definition) is 3. The molecule has 0 fully saturated rings. The van der Waals surface area contributed by atoms with Gasteiger partial charge < -0.3 is 15.4 Å². The van der Waals surface area contributed by atoms with E-state index in [1.807, 2.05) is 50.2 Å². The Morgan fingerprint density at radius 1 is 1.13 bits per heavy atom. The normalized spacial score (nSPS) is 10.2. The number of aryl methyl sites for hydroxylation is 1. The predicted octanol–water partition coefficient (Wildman–Crippen LogP) is 4.49. The van der Waals surface area contributed by atoms with Gasteiger partial charge in [0.15, 0.2) is 0 Å². The van der Waals surface area contributed by atoms with Gasteiger partial charge in [-0.05, 0) is 55.8 Å². The van der Waals surface area contributed by atoms with Crippen molar-refractivity contribution < 1.29 is 9.53 Å². The van der Waals surface area contributed by atoms with Crippen LogP contribution in [-0.2, 0) is 4.79 Å². The molecule has 0 spiro atoms. The molecule has 0 aromatic heterocycles. The molecule has 0 aliphatic heterocycles. The minimum Gasteiger partial charge on any atom is -0.494 e. The molecule has 4 nitrogen and oxygen atoms in total. The van der Waals surface area contributed by atoms with E-state index in [1.165, 1.54) is 0 Å². The van der Waals surface area contributed by atoms with Gasteiger partial charge in [-0.3, -0.25) is 4.79 Å². The van der Waals surface area contributed by atoms with Crippen molar-refractivity contribution in [1.29, 1.82) is 0 Å². The molecule has 2 rings (SSSR count). The molecule has 0 bridgehead atoms. The predicted molar refractivity (Wildman–Crippen MR) is 95.5 cm³/mol. The minimum atomic E-state index is -0.0524. The molecule has 0 saturated carbocycles. The van der Waals surface area contributed by atoms with Gasteiger partial charge in [0, 0.05) is 29.4 Å². The molecule has 0 aliphatic carbocycles. The molecule has 122 valence electrons. The molecule has 0 atom stereocenters. The van der Waals surface area contributed by atoms with Crippen molar-refractivity contribution >= 4 is 28.9 Å². The summed E-state index contributed by atoms with van der Waals surface area (Å²) in [5.74, 6) is 0.787. The van der Waals surface area contributed by atoms with Crippen LogP contribution >= 0.6 is 11.6 Å². The van der Waals surface area contributed by atoms with Crippen LogP contribution in [0.25, 0.3) is 0 Å². The van der Waals surface area contributed by atoms with Crippen LogP contribution in [0.5, 0.6) is 5.75 Å². The lowest BCUT2D eigenvalue weighted by Crippen LogP contribution is -2.16. The highest BCUT2D eigenvalue weighted by molar-refractivity contribution is 6.31. The van der Waals surface area contributed by atoms with Crippen LogP contribution in [0, 0.1) is 6.92 Å². The summed E-state index contributed by atoms with van der Waals surface area (Å²) in [6, 6.07) is 13.2. The van der Waals surface area contributed by atoms with Crippen molar-refractivity contribution in [2.24, 2.45) is 0 Å². The maximum Gasteiger partial charge on any atom is 0.226 e. The summed E-state index contributed by atoms with van der Waals surface area (Å²) in [6.45, 7) is 5.08. The molecule has 2 N–H and O–H groups in total. The lowest BCUT2D eigenvalue weighted by atomic mass is 10.2. The Morgan fingerprint density at radius 2 is 1.83 bits per heavy atom. The Bertz CT molecular complexity index is 657. The lowest BCUT2D eigenvalue weighted by molar-refractivity contribution is -0.115. The minimum absolute atomic E-state index is 0.0524. The number of nitrogens with one attached hydrogen (secondary N) is 2. The molecular weight excluding hydrogens is 312 g/mol. The smallest absolute Gasteiger partial charge is 0.226 e. The molecule has 0 radical (unpaired) electrons. The van der Waals surface area contributed by atoms with E-state index in [2.05, 4.69) is 10.6 Å². The molecule has 5 heteroatoms. The third-order valence-electron chi connectivity index (χ3n) is 3.30. The first kappa shape index (κ1) is 17.2. The SMILES string of the molecule is CCOc1ccc(NCCC(=O)Nc2ccc(C)c(Cl)c2)cc1. The first-order valence-electron chi connectivity index (χ1n) is 7.61. The zero-order chi connectivity index (χ0) is 16.7. The number of benzene rings is 2. The number of anilines is 2. The molecule has 1 amide bonds. The standard InChI is InChI=1S/C18H21ClN2O2/c1-3-23-16-8-6-14(7-9-16)20-11-10-18(22)21-15-5-4-13(2)17(19)12-15/h4-9,12,20H,3,10-11H2,1-2H3,(H,21,22). The van der Waals surface area contributed by atoms with Crippen LogP contribution in [0.4, 0.5) is 11.4 Å². The molecule has 0 unspecified atom stereocenters. The van der Waals surface area contributed by atoms with E-state index in [-0.39, 0.29) is 5.91 Å². The Hall–Kier alpha value is -2.20. The largest absolute Gasteiger partial charge is 0.494 e. The Labute approximate surface area is 141 Å². The van der Waals surface area contributed by atoms with Crippen molar-refractivity contribution in [1.82, 2.24) is 0 Å². The number of hydrogen-bond donors (Lipinski definition) is 2. The lowest BCUT2D eigenvalue weighted by Gasteiger charge is -2.09. The second-order valence-corrected chi connectivity index (χ2v) is 5.55. The summed E-state index contributed by atoms with van der Waals surface area (Å²) < 4.78 is 5.39. The van der Waals surface area contributed by atoms with E-state index in [1.54, 1.807) is 6.07 Å². The molecule has 23 heavy (non-hydrogen) atoms. The summed E-state index contributed by atoms with van der Waals surface area (Å²) in [5.41, 5.74) is 2.66. The number of amides is 1. The third kappa shape index (κ3) is 5.49. The van der Waals surface area contributed by atoms with E-state index in [0.29, 0.717) is 30.3 Å². The molecule has 0 heterocycles. The van der Waals surface area contributed by atoms with Crippen LogP contribution in [0.1, 0.15) is 18.9 Å². The average Bonchev–Trinajstić information content (AvgIpc) is 2.53. The van der Waals surface area contributed by atoms with Gasteiger partial charge in [-0.25, -0.2) is 0 Å². The first-order chi connectivity index (χ1) is 11.1. The average molecular weight is 333 g/mol. The highest BCUT2D eigenvalue weighted by Gasteiger charge is 2.04. The van der Waals surface area contributed by atoms with Gasteiger partial charge in [0.1, 0.15) is 5.75 Å². The summed E-state index contributed by atoms with van der Waals surface area (Å²) in [4.78, 5) is 11.9. The quantitative estimate of drug-likeness (QED) is 0.785. The van der Waals surface area contributed by atoms with E-state index in [9.17, 15) is 4.79 Å². The van der Waals surface area contributed by atoms with Gasteiger partial charge in [0.25, 0.3) is 0 Å². The zero-order valence-corrected chi connectivity index (χ0v) is 14.1. The summed E-state index contributed by atoms with van der Waals surface area (Å²) in [7, 11) is 0. The summed E-state index contributed by atoms with van der Waals surface area (Å²) in [5, 5.41) is 6.70. The second-order valence-electron chi connectivity index (χ2n) is 5.15. The van der Waals surface area contributed by atoms with Gasteiger partial charge >= 0.3 is 0 Å². The maximum atomic E-state index is 11.9. The van der Waals surface area contributed by atoms with Crippen LogP contribution in [-0.4, -0.2) is 19.1 Å². The zero-order valence-electron chi connectivity index (χ0n) is 13.4. The van der Waals surface area contributed by atoms with Crippen molar-refractivity contribution in [3.05, 3.63) is 53.1 Å². The number of rotatable bonds is 7. The number of carbonyl (C=O) groups excluding carboxylic acids is 1. The fraction of sp³-hybridized carbons (Fsp3) is 0.278. The van der Waals surface area contributed by atoms with Gasteiger partial charge in [-0.2, -0.15) is 0 Å². The van der Waals surface area contributed by atoms with Crippen LogP contribution in [0.15, 0.2) is 42.5 Å². The van der Waals surface area contributed by atoms with E-state index in [0.717, 1.165) is 17.0 Å². The number of halogens is 1. The number of carbonyl (C=O) groups is 1. The highest BCUT2D eigenvalue weighted by atomic mass is 35.5. The van der Waals surface area contributed by atoms with Gasteiger partial charge in [-0.15, -0.1) is 0 Å². The van der Waals surface area contributed by atoms with Crippen LogP contribution < -0.4 is 15.4 Å². The van der Waals surface area contributed by atoms with E-state index in [4.69, 9.17) is 16.3 Å². The fourth-order valence-electron chi connectivity index (χ4n) is 2.05. The molecular formula is C18H21ClN2O2. The number of ether oxygens (including phenoxy) is 1. The summed E-state index contributed by atoms with van der Waals surface area (Å²) in [6.07, 6.45) is 0.374. The van der Waals surface area contributed by atoms with E-state index < -0.39 is 0 Å². The third-order valence-corrected chi connectivity index (χ3v) is 3.71. The molecule has 2 aromatic carbocycles. The van der Waals surface area contributed by atoms with Crippen molar-refractivity contribution in [2.45, 2.75) is 20.3 Å².